The zero-order chi connectivity index (χ0) is 26.8. The Kier molecular flexibility index (Phi) is 18.1. The van der Waals surface area contributed by atoms with E-state index in [2.05, 4.69) is 22.9 Å². The van der Waals surface area contributed by atoms with Gasteiger partial charge in [-0.25, -0.2) is 0 Å². The van der Waals surface area contributed by atoms with Gasteiger partial charge >= 0.3 is 0 Å². The first-order valence-corrected chi connectivity index (χ1v) is 13.3. The number of hydrogen-bond acceptors (Lipinski definition) is 6. The Balaban J connectivity index is 4.39. The average molecular weight is 500 g/mol. The quantitative estimate of drug-likeness (QED) is 0.129. The molecule has 0 rings (SSSR count). The third kappa shape index (κ3) is 15.6. The number of carbonyl (C=O) groups excluding carboxylic acids is 4. The molecule has 0 heterocycles. The van der Waals surface area contributed by atoms with Gasteiger partial charge in [-0.05, 0) is 19.3 Å². The Morgan fingerprint density at radius 2 is 1.11 bits per heavy atom. The summed E-state index contributed by atoms with van der Waals surface area (Å²) in [6.07, 6.45) is 10.0. The van der Waals surface area contributed by atoms with Crippen molar-refractivity contribution in [3.8, 4) is 0 Å². The molecular weight excluding hydrogens is 450 g/mol. The molecule has 5 N–H and O–H groups in total. The number of carbonyl (C=O) groups is 4. The lowest BCUT2D eigenvalue weighted by Crippen LogP contribution is -2.59. The maximum atomic E-state index is 12.6. The third-order valence-electron chi connectivity index (χ3n) is 5.98. The highest BCUT2D eigenvalue weighted by molar-refractivity contribution is 5.94. The van der Waals surface area contributed by atoms with Gasteiger partial charge in [-0.3, -0.25) is 19.2 Å². The van der Waals surface area contributed by atoms with Crippen LogP contribution >= 0.6 is 0 Å². The highest BCUT2D eigenvalue weighted by Gasteiger charge is 2.32. The first-order valence-electron chi connectivity index (χ1n) is 13.3. The van der Waals surface area contributed by atoms with Crippen LogP contribution in [0.1, 0.15) is 112 Å². The second-order valence-corrected chi connectivity index (χ2v) is 9.81. The largest absolute Gasteiger partial charge is 0.391 e. The van der Waals surface area contributed by atoms with E-state index in [0.717, 1.165) is 19.3 Å². The maximum absolute atomic E-state index is 12.6. The lowest BCUT2D eigenvalue weighted by molar-refractivity contribution is -0.139. The fraction of sp³-hybridized carbons (Fsp3) is 0.846. The van der Waals surface area contributed by atoms with Gasteiger partial charge in [-0.1, -0.05) is 85.0 Å². The summed E-state index contributed by atoms with van der Waals surface area (Å²) in [5.74, 6) is -2.77. The van der Waals surface area contributed by atoms with E-state index in [0.29, 0.717) is 6.42 Å². The minimum atomic E-state index is -1.65. The summed E-state index contributed by atoms with van der Waals surface area (Å²) < 4.78 is 0. The second-order valence-electron chi connectivity index (χ2n) is 9.81. The van der Waals surface area contributed by atoms with Gasteiger partial charge in [-0.15, -0.1) is 0 Å². The molecule has 0 aromatic carbocycles. The molecule has 0 aliphatic carbocycles. The molecular formula is C26H49N3O6. The standard InChI is InChI=1S/C26H49N3O6/c1-6-7-8-9-10-11-12-13-14-15-16-17-21(32)24(33)29-25(34)22(18(2)3)28-26(35)23(19(4)30)27-20(5)31/h18-19,22-24,30,33H,6-17H2,1-5H3,(H,27,31)(H,28,35)(H,29,34). The molecule has 9 heteroatoms. The highest BCUT2D eigenvalue weighted by Crippen LogP contribution is 2.12. The number of Topliss-reactive ketones (excluding diaryl/α,β-unsaturated/α-hetero) is 1. The number of amides is 3. The predicted molar refractivity (Wildman–Crippen MR) is 136 cm³/mol. The molecule has 3 amide bonds. The van der Waals surface area contributed by atoms with Crippen LogP contribution in [0.3, 0.4) is 0 Å². The van der Waals surface area contributed by atoms with E-state index in [9.17, 15) is 29.4 Å². The Morgan fingerprint density at radius 1 is 0.657 bits per heavy atom. The van der Waals surface area contributed by atoms with Gasteiger partial charge < -0.3 is 26.2 Å². The Morgan fingerprint density at radius 3 is 1.54 bits per heavy atom. The van der Waals surface area contributed by atoms with Crippen molar-refractivity contribution in [2.24, 2.45) is 5.92 Å². The molecule has 9 nitrogen and oxygen atoms in total. The molecule has 0 saturated carbocycles. The van der Waals surface area contributed by atoms with Crippen LogP contribution in [0.15, 0.2) is 0 Å². The molecule has 0 radical (unpaired) electrons. The third-order valence-corrected chi connectivity index (χ3v) is 5.98. The van der Waals surface area contributed by atoms with Gasteiger partial charge in [0.15, 0.2) is 12.0 Å². The van der Waals surface area contributed by atoms with E-state index >= 15 is 0 Å². The summed E-state index contributed by atoms with van der Waals surface area (Å²) in [5, 5.41) is 27.0. The average Bonchev–Trinajstić information content (AvgIpc) is 2.78. The summed E-state index contributed by atoms with van der Waals surface area (Å²) in [7, 11) is 0. The van der Waals surface area contributed by atoms with Crippen molar-refractivity contribution in [3.05, 3.63) is 0 Å². The van der Waals surface area contributed by atoms with E-state index in [4.69, 9.17) is 0 Å². The molecule has 0 aliphatic heterocycles. The van der Waals surface area contributed by atoms with Crippen molar-refractivity contribution in [2.45, 2.75) is 136 Å². The number of ketones is 1. The van der Waals surface area contributed by atoms with Crippen LogP contribution in [-0.2, 0) is 19.2 Å². The topological polar surface area (TPSA) is 145 Å². The minimum Gasteiger partial charge on any atom is -0.391 e. The number of nitrogens with one attached hydrogen (secondary N) is 3. The summed E-state index contributed by atoms with van der Waals surface area (Å²) in [5.41, 5.74) is 0. The highest BCUT2D eigenvalue weighted by atomic mass is 16.3. The van der Waals surface area contributed by atoms with Crippen molar-refractivity contribution in [1.29, 1.82) is 0 Å². The van der Waals surface area contributed by atoms with Crippen molar-refractivity contribution in [1.82, 2.24) is 16.0 Å². The molecule has 4 unspecified atom stereocenters. The van der Waals surface area contributed by atoms with E-state index in [-0.39, 0.29) is 12.3 Å². The first-order chi connectivity index (χ1) is 16.5. The summed E-state index contributed by atoms with van der Waals surface area (Å²) >= 11 is 0. The number of rotatable bonds is 20. The Bertz CT molecular complexity index is 639. The number of hydrogen-bond donors (Lipinski definition) is 5. The van der Waals surface area contributed by atoms with Gasteiger partial charge in [0.05, 0.1) is 6.10 Å². The van der Waals surface area contributed by atoms with Gasteiger partial charge in [0.1, 0.15) is 12.1 Å². The van der Waals surface area contributed by atoms with Crippen molar-refractivity contribution < 1.29 is 29.4 Å². The fourth-order valence-corrected chi connectivity index (χ4v) is 3.81. The van der Waals surface area contributed by atoms with E-state index in [1.54, 1.807) is 13.8 Å². The Labute approximate surface area is 211 Å². The zero-order valence-corrected chi connectivity index (χ0v) is 22.4. The summed E-state index contributed by atoms with van der Waals surface area (Å²) in [6, 6.07) is -2.28. The summed E-state index contributed by atoms with van der Waals surface area (Å²) in [4.78, 5) is 48.7. The second kappa shape index (κ2) is 19.2. The zero-order valence-electron chi connectivity index (χ0n) is 22.4. The molecule has 35 heavy (non-hydrogen) atoms. The van der Waals surface area contributed by atoms with Gasteiger partial charge in [0, 0.05) is 13.3 Å². The normalized spacial score (nSPS) is 14.6. The summed E-state index contributed by atoms with van der Waals surface area (Å²) in [6.45, 7) is 8.17. The van der Waals surface area contributed by atoms with Crippen LogP contribution in [0.25, 0.3) is 0 Å². The first kappa shape index (κ1) is 33.0. The minimum absolute atomic E-state index is 0.170. The van der Waals surface area contributed by atoms with Crippen molar-refractivity contribution >= 4 is 23.5 Å². The molecule has 204 valence electrons. The van der Waals surface area contributed by atoms with Gasteiger partial charge in [0.25, 0.3) is 0 Å². The van der Waals surface area contributed by atoms with E-state index in [1.165, 1.54) is 58.8 Å². The molecule has 0 fully saturated rings. The van der Waals surface area contributed by atoms with Crippen LogP contribution in [0.2, 0.25) is 0 Å². The lowest BCUT2D eigenvalue weighted by atomic mass is 10.0. The molecule has 0 bridgehead atoms. The SMILES string of the molecule is CCCCCCCCCCCCCC(=O)C(O)NC(=O)C(NC(=O)C(NC(C)=O)C(C)O)C(C)C. The van der Waals surface area contributed by atoms with Crippen molar-refractivity contribution in [3.63, 3.8) is 0 Å². The van der Waals surface area contributed by atoms with Crippen LogP contribution in [-0.4, -0.2) is 58.1 Å². The van der Waals surface area contributed by atoms with Crippen LogP contribution < -0.4 is 16.0 Å². The lowest BCUT2D eigenvalue weighted by Gasteiger charge is -2.27. The number of aliphatic hydroxyl groups excluding tert-OH is 2. The molecule has 0 aromatic rings. The molecule has 0 spiro atoms. The van der Waals surface area contributed by atoms with Crippen LogP contribution in [0.4, 0.5) is 0 Å². The van der Waals surface area contributed by atoms with Gasteiger partial charge in [0.2, 0.25) is 17.7 Å². The molecule has 0 saturated heterocycles. The van der Waals surface area contributed by atoms with Crippen molar-refractivity contribution in [2.75, 3.05) is 0 Å². The van der Waals surface area contributed by atoms with Gasteiger partial charge in [-0.2, -0.15) is 0 Å². The van der Waals surface area contributed by atoms with Crippen LogP contribution in [0, 0.1) is 5.92 Å². The predicted octanol–water partition coefficient (Wildman–Crippen LogP) is 2.72. The maximum Gasteiger partial charge on any atom is 0.245 e. The monoisotopic (exact) mass is 499 g/mol. The fourth-order valence-electron chi connectivity index (χ4n) is 3.81. The molecule has 4 atom stereocenters. The van der Waals surface area contributed by atoms with Crippen LogP contribution in [0.5, 0.6) is 0 Å². The van der Waals surface area contributed by atoms with E-state index in [1.807, 2.05) is 0 Å². The molecule has 0 aromatic heterocycles. The molecule has 0 aliphatic rings. The number of aliphatic hydroxyl groups is 2. The number of unbranched alkanes of at least 4 members (excludes halogenated alkanes) is 10. The van der Waals surface area contributed by atoms with E-state index < -0.39 is 47.9 Å². The smallest absolute Gasteiger partial charge is 0.245 e. The Hall–Kier alpha value is -2.00.